The second-order valence-electron chi connectivity index (χ2n) is 10.2. The van der Waals surface area contributed by atoms with Gasteiger partial charge in [-0.2, -0.15) is 0 Å². The van der Waals surface area contributed by atoms with Crippen LogP contribution in [-0.4, -0.2) is 50.4 Å². The molecule has 3 aromatic rings. The fourth-order valence-corrected chi connectivity index (χ4v) is 5.63. The third kappa shape index (κ3) is 7.90. The van der Waals surface area contributed by atoms with Crippen LogP contribution in [0.3, 0.4) is 0 Å². The van der Waals surface area contributed by atoms with E-state index >= 15 is 0 Å². The van der Waals surface area contributed by atoms with Crippen LogP contribution < -0.4 is 14.4 Å². The molecule has 0 aromatic heterocycles. The Morgan fingerprint density at radius 1 is 0.950 bits per heavy atom. The molecule has 0 saturated carbocycles. The van der Waals surface area contributed by atoms with Crippen molar-refractivity contribution in [3.05, 3.63) is 88.4 Å². The number of halogens is 2. The van der Waals surface area contributed by atoms with Gasteiger partial charge in [0.2, 0.25) is 11.8 Å². The van der Waals surface area contributed by atoms with Crippen LogP contribution in [0.5, 0.6) is 5.75 Å². The zero-order valence-corrected chi connectivity index (χ0v) is 25.3. The van der Waals surface area contributed by atoms with Gasteiger partial charge in [-0.25, -0.2) is 8.42 Å². The molecule has 3 rings (SSSR count). The number of methoxy groups -OCH3 is 1. The van der Waals surface area contributed by atoms with Gasteiger partial charge in [0.05, 0.1) is 27.7 Å². The average Bonchev–Trinajstić information content (AvgIpc) is 2.91. The van der Waals surface area contributed by atoms with E-state index in [2.05, 4.69) is 5.32 Å². The van der Waals surface area contributed by atoms with Gasteiger partial charge in [0, 0.05) is 12.1 Å². The number of rotatable bonds is 10. The largest absolute Gasteiger partial charge is 0.497 e. The third-order valence-corrected chi connectivity index (χ3v) is 8.48. The number of hydrogen-bond donors (Lipinski definition) is 1. The number of carbonyl (C=O) groups excluding carboxylic acids is 2. The summed E-state index contributed by atoms with van der Waals surface area (Å²) < 4.78 is 33.9. The molecule has 214 valence electrons. The van der Waals surface area contributed by atoms with Gasteiger partial charge in [0.25, 0.3) is 10.0 Å². The Morgan fingerprint density at radius 2 is 1.62 bits per heavy atom. The van der Waals surface area contributed by atoms with Gasteiger partial charge >= 0.3 is 0 Å². The van der Waals surface area contributed by atoms with Crippen molar-refractivity contribution in [2.24, 2.45) is 0 Å². The summed E-state index contributed by atoms with van der Waals surface area (Å²) in [5.74, 6) is -0.388. The van der Waals surface area contributed by atoms with Crippen LogP contribution in [0.4, 0.5) is 5.69 Å². The van der Waals surface area contributed by atoms with Crippen LogP contribution in [0.2, 0.25) is 10.0 Å². The third-order valence-electron chi connectivity index (χ3n) is 5.95. The summed E-state index contributed by atoms with van der Waals surface area (Å²) in [6.45, 7) is 6.56. The molecule has 0 unspecified atom stereocenters. The van der Waals surface area contributed by atoms with E-state index in [-0.39, 0.29) is 33.1 Å². The molecule has 0 saturated heterocycles. The predicted octanol–water partition coefficient (Wildman–Crippen LogP) is 5.53. The van der Waals surface area contributed by atoms with Crippen molar-refractivity contribution in [2.75, 3.05) is 18.0 Å². The SMILES string of the molecule is COc1cccc(CN(C(=O)CN(c2ccc(Cl)c(Cl)c2)S(=O)(=O)c2ccccc2)[C@H](C)C(=O)NC(C)(C)C)c1. The molecule has 0 spiro atoms. The zero-order chi connectivity index (χ0) is 29.7. The number of hydrogen-bond acceptors (Lipinski definition) is 5. The zero-order valence-electron chi connectivity index (χ0n) is 23.0. The minimum atomic E-state index is -4.21. The fourth-order valence-electron chi connectivity index (χ4n) is 3.91. The molecule has 0 aliphatic rings. The molecule has 1 N–H and O–H groups in total. The molecule has 2 amide bonds. The highest BCUT2D eigenvalue weighted by atomic mass is 35.5. The molecule has 3 aromatic carbocycles. The van der Waals surface area contributed by atoms with Crippen molar-refractivity contribution in [1.29, 1.82) is 0 Å². The number of benzene rings is 3. The second kappa shape index (κ2) is 12.9. The Bertz CT molecular complexity index is 1460. The lowest BCUT2D eigenvalue weighted by Crippen LogP contribution is -2.54. The molecule has 0 heterocycles. The molecular formula is C29H33Cl2N3O5S. The molecule has 0 aliphatic heterocycles. The number of nitrogens with zero attached hydrogens (tertiary/aromatic N) is 2. The quantitative estimate of drug-likeness (QED) is 0.328. The number of ether oxygens (including phenoxy) is 1. The molecule has 1 atom stereocenters. The molecule has 40 heavy (non-hydrogen) atoms. The first-order valence-corrected chi connectivity index (χ1v) is 14.7. The topological polar surface area (TPSA) is 96.0 Å². The molecule has 0 radical (unpaired) electrons. The van der Waals surface area contributed by atoms with E-state index < -0.39 is 34.1 Å². The van der Waals surface area contributed by atoms with Crippen molar-refractivity contribution in [3.63, 3.8) is 0 Å². The van der Waals surface area contributed by atoms with Crippen molar-refractivity contribution in [1.82, 2.24) is 10.2 Å². The van der Waals surface area contributed by atoms with Gasteiger partial charge in [0.1, 0.15) is 18.3 Å². The summed E-state index contributed by atoms with van der Waals surface area (Å²) in [6.07, 6.45) is 0. The molecule has 0 fully saturated rings. The summed E-state index contributed by atoms with van der Waals surface area (Å²) in [5.41, 5.74) is 0.313. The number of anilines is 1. The lowest BCUT2D eigenvalue weighted by atomic mass is 10.1. The number of carbonyl (C=O) groups is 2. The van der Waals surface area contributed by atoms with E-state index in [1.807, 2.05) is 20.8 Å². The van der Waals surface area contributed by atoms with Crippen molar-refractivity contribution >= 4 is 50.7 Å². The highest BCUT2D eigenvalue weighted by molar-refractivity contribution is 7.92. The van der Waals surface area contributed by atoms with E-state index in [0.717, 1.165) is 4.31 Å². The predicted molar refractivity (Wildman–Crippen MR) is 158 cm³/mol. The normalized spacial score (nSPS) is 12.4. The summed E-state index contributed by atoms with van der Waals surface area (Å²) in [5, 5.41) is 3.26. The Kier molecular flexibility index (Phi) is 10.1. The Hall–Kier alpha value is -3.27. The van der Waals surface area contributed by atoms with Crippen LogP contribution in [0.25, 0.3) is 0 Å². The first-order valence-electron chi connectivity index (χ1n) is 12.5. The molecular weight excluding hydrogens is 573 g/mol. The van der Waals surface area contributed by atoms with Crippen LogP contribution in [0, 0.1) is 0 Å². The first kappa shape index (κ1) is 31.3. The second-order valence-corrected chi connectivity index (χ2v) is 12.9. The summed E-state index contributed by atoms with van der Waals surface area (Å²) in [7, 11) is -2.67. The van der Waals surface area contributed by atoms with E-state index in [4.69, 9.17) is 27.9 Å². The van der Waals surface area contributed by atoms with Crippen molar-refractivity contribution in [3.8, 4) is 5.75 Å². The molecule has 11 heteroatoms. The summed E-state index contributed by atoms with van der Waals surface area (Å²) >= 11 is 12.3. The Morgan fingerprint density at radius 3 is 2.23 bits per heavy atom. The fraction of sp³-hybridized carbons (Fsp3) is 0.310. The minimum absolute atomic E-state index is 0.00765. The van der Waals surface area contributed by atoms with Crippen LogP contribution in [0.15, 0.2) is 77.7 Å². The number of amides is 2. The summed E-state index contributed by atoms with van der Waals surface area (Å²) in [6, 6.07) is 18.3. The van der Waals surface area contributed by atoms with Crippen LogP contribution in [0.1, 0.15) is 33.3 Å². The van der Waals surface area contributed by atoms with Gasteiger partial charge in [-0.15, -0.1) is 0 Å². The first-order chi connectivity index (χ1) is 18.7. The minimum Gasteiger partial charge on any atom is -0.497 e. The number of nitrogens with one attached hydrogen (secondary N) is 1. The van der Waals surface area contributed by atoms with Gasteiger partial charge in [-0.3, -0.25) is 13.9 Å². The standard InChI is InChI=1S/C29H33Cl2N3O5S/c1-20(28(36)32-29(2,3)4)33(18-21-10-9-11-23(16-21)39-5)27(35)19-34(22-14-15-25(30)26(31)17-22)40(37,38)24-12-7-6-8-13-24/h6-17,20H,18-19H2,1-5H3,(H,32,36)/t20-/m1/s1. The lowest BCUT2D eigenvalue weighted by molar-refractivity contribution is -0.140. The smallest absolute Gasteiger partial charge is 0.264 e. The summed E-state index contributed by atoms with van der Waals surface area (Å²) in [4.78, 5) is 28.5. The Balaban J connectivity index is 2.06. The highest BCUT2D eigenvalue weighted by Gasteiger charge is 2.33. The van der Waals surface area contributed by atoms with Gasteiger partial charge in [-0.1, -0.05) is 53.5 Å². The van der Waals surface area contributed by atoms with Crippen molar-refractivity contribution in [2.45, 2.75) is 50.7 Å². The van der Waals surface area contributed by atoms with Crippen LogP contribution >= 0.6 is 23.2 Å². The lowest BCUT2D eigenvalue weighted by Gasteiger charge is -2.33. The van der Waals surface area contributed by atoms with Crippen molar-refractivity contribution < 1.29 is 22.7 Å². The molecule has 0 aliphatic carbocycles. The van der Waals surface area contributed by atoms with E-state index in [9.17, 15) is 18.0 Å². The van der Waals surface area contributed by atoms with E-state index in [1.54, 1.807) is 49.4 Å². The van der Waals surface area contributed by atoms with Gasteiger partial charge in [0.15, 0.2) is 0 Å². The maximum atomic E-state index is 14.0. The van der Waals surface area contributed by atoms with Gasteiger partial charge < -0.3 is 15.0 Å². The highest BCUT2D eigenvalue weighted by Crippen LogP contribution is 2.31. The number of sulfonamides is 1. The maximum Gasteiger partial charge on any atom is 0.264 e. The Labute approximate surface area is 245 Å². The molecule has 0 bridgehead atoms. The van der Waals surface area contributed by atoms with Gasteiger partial charge in [-0.05, 0) is 75.7 Å². The van der Waals surface area contributed by atoms with Crippen LogP contribution in [-0.2, 0) is 26.2 Å². The monoisotopic (exact) mass is 605 g/mol. The average molecular weight is 607 g/mol. The molecule has 8 nitrogen and oxygen atoms in total. The van der Waals surface area contributed by atoms with E-state index in [1.165, 1.54) is 42.3 Å². The van der Waals surface area contributed by atoms with E-state index in [0.29, 0.717) is 11.3 Å². The maximum absolute atomic E-state index is 14.0.